The fourth-order valence-corrected chi connectivity index (χ4v) is 2.37. The molecule has 1 fully saturated rings. The van der Waals surface area contributed by atoms with E-state index in [9.17, 15) is 4.79 Å². The summed E-state index contributed by atoms with van der Waals surface area (Å²) in [7, 11) is 1.82. The maximum absolute atomic E-state index is 12.0. The normalized spacial score (nSPS) is 15.5. The molecule has 1 saturated heterocycles. The van der Waals surface area contributed by atoms with Crippen molar-refractivity contribution in [3.05, 3.63) is 29.3 Å². The molecule has 1 aromatic rings. The second-order valence-corrected chi connectivity index (χ2v) is 5.35. The molecule has 0 atom stereocenters. The number of likely N-dealkylation sites (tertiary alicyclic amines) is 1. The van der Waals surface area contributed by atoms with E-state index < -0.39 is 0 Å². The van der Waals surface area contributed by atoms with Crippen LogP contribution in [0, 0.1) is 0 Å². The van der Waals surface area contributed by atoms with E-state index in [4.69, 9.17) is 11.6 Å². The number of urea groups is 1. The monoisotopic (exact) mass is 281 g/mol. The van der Waals surface area contributed by atoms with Crippen LogP contribution in [0.5, 0.6) is 0 Å². The van der Waals surface area contributed by atoms with Crippen molar-refractivity contribution < 1.29 is 4.79 Å². The van der Waals surface area contributed by atoms with Gasteiger partial charge in [-0.15, -0.1) is 0 Å². The molecule has 0 aromatic heterocycles. The molecule has 19 heavy (non-hydrogen) atoms. The molecule has 0 radical (unpaired) electrons. The summed E-state index contributed by atoms with van der Waals surface area (Å²) in [4.78, 5) is 16.1. The summed E-state index contributed by atoms with van der Waals surface area (Å²) in [6, 6.07) is 7.09. The Morgan fingerprint density at radius 3 is 2.84 bits per heavy atom. The van der Waals surface area contributed by atoms with Crippen LogP contribution in [0.2, 0.25) is 5.02 Å². The van der Waals surface area contributed by atoms with E-state index in [0.717, 1.165) is 31.9 Å². The molecular weight excluding hydrogens is 262 g/mol. The van der Waals surface area contributed by atoms with Gasteiger partial charge in [-0.2, -0.15) is 0 Å². The number of halogens is 1. The molecule has 4 nitrogen and oxygen atoms in total. The minimum absolute atomic E-state index is 0.0959. The number of rotatable bonds is 4. The molecule has 1 aromatic carbocycles. The highest BCUT2D eigenvalue weighted by atomic mass is 35.5. The number of hydrogen-bond acceptors (Lipinski definition) is 2. The second-order valence-electron chi connectivity index (χ2n) is 4.91. The maximum Gasteiger partial charge on any atom is 0.321 e. The Morgan fingerprint density at radius 2 is 2.16 bits per heavy atom. The van der Waals surface area contributed by atoms with Crippen LogP contribution in [0.1, 0.15) is 12.8 Å². The molecule has 2 amide bonds. The number of carbonyl (C=O) groups is 1. The average Bonchev–Trinajstić information content (AvgIpc) is 2.89. The zero-order valence-corrected chi connectivity index (χ0v) is 12.0. The second kappa shape index (κ2) is 6.78. The third-order valence-corrected chi connectivity index (χ3v) is 3.61. The van der Waals surface area contributed by atoms with E-state index in [1.165, 1.54) is 12.8 Å². The van der Waals surface area contributed by atoms with Crippen LogP contribution in [-0.4, -0.2) is 49.1 Å². The van der Waals surface area contributed by atoms with Crippen molar-refractivity contribution >= 4 is 23.3 Å². The van der Waals surface area contributed by atoms with Crippen LogP contribution >= 0.6 is 11.6 Å². The molecule has 104 valence electrons. The number of benzene rings is 1. The van der Waals surface area contributed by atoms with Crippen molar-refractivity contribution in [2.75, 3.05) is 38.5 Å². The summed E-state index contributed by atoms with van der Waals surface area (Å²) in [5, 5.41) is 3.46. The predicted molar refractivity (Wildman–Crippen MR) is 78.8 cm³/mol. The fourth-order valence-electron chi connectivity index (χ4n) is 2.18. The van der Waals surface area contributed by atoms with Gasteiger partial charge in [-0.1, -0.05) is 17.7 Å². The van der Waals surface area contributed by atoms with Gasteiger partial charge in [0.1, 0.15) is 0 Å². The molecule has 0 spiro atoms. The Labute approximate surface area is 119 Å². The van der Waals surface area contributed by atoms with Gasteiger partial charge in [0.05, 0.1) is 0 Å². The Hall–Kier alpha value is -1.26. The number of nitrogens with one attached hydrogen (secondary N) is 1. The van der Waals surface area contributed by atoms with Crippen molar-refractivity contribution in [1.29, 1.82) is 0 Å². The third-order valence-electron chi connectivity index (χ3n) is 3.37. The summed E-state index contributed by atoms with van der Waals surface area (Å²) in [5.41, 5.74) is 0.727. The highest BCUT2D eigenvalue weighted by molar-refractivity contribution is 6.30. The Kier molecular flexibility index (Phi) is 5.05. The van der Waals surface area contributed by atoms with E-state index in [1.807, 2.05) is 19.2 Å². The van der Waals surface area contributed by atoms with Crippen molar-refractivity contribution in [2.45, 2.75) is 12.8 Å². The van der Waals surface area contributed by atoms with Crippen molar-refractivity contribution in [3.63, 3.8) is 0 Å². The van der Waals surface area contributed by atoms with Gasteiger partial charge in [-0.3, -0.25) is 0 Å². The van der Waals surface area contributed by atoms with Gasteiger partial charge in [0.15, 0.2) is 0 Å². The lowest BCUT2D eigenvalue weighted by Crippen LogP contribution is -2.37. The SMILES string of the molecule is CN(CCN1CCCC1)C(=O)Nc1cccc(Cl)c1. The minimum Gasteiger partial charge on any atom is -0.326 e. The smallest absolute Gasteiger partial charge is 0.321 e. The molecule has 5 heteroatoms. The Balaban J connectivity index is 1.78. The molecule has 0 bridgehead atoms. The third kappa shape index (κ3) is 4.40. The van der Waals surface area contributed by atoms with Gasteiger partial charge in [-0.05, 0) is 44.1 Å². The molecular formula is C14H20ClN3O. The Morgan fingerprint density at radius 1 is 1.42 bits per heavy atom. The average molecular weight is 282 g/mol. The number of amides is 2. The number of anilines is 1. The molecule has 0 saturated carbocycles. The number of hydrogen-bond donors (Lipinski definition) is 1. The van der Waals surface area contributed by atoms with Crippen molar-refractivity contribution in [2.24, 2.45) is 0 Å². The Bertz CT molecular complexity index is 432. The van der Waals surface area contributed by atoms with Gasteiger partial charge in [0, 0.05) is 30.8 Å². The zero-order valence-electron chi connectivity index (χ0n) is 11.2. The first-order valence-electron chi connectivity index (χ1n) is 6.65. The van der Waals surface area contributed by atoms with Gasteiger partial charge < -0.3 is 15.1 Å². The quantitative estimate of drug-likeness (QED) is 0.921. The lowest BCUT2D eigenvalue weighted by molar-refractivity contribution is 0.213. The zero-order chi connectivity index (χ0) is 13.7. The van der Waals surface area contributed by atoms with Gasteiger partial charge in [0.2, 0.25) is 0 Å². The minimum atomic E-state index is -0.0959. The highest BCUT2D eigenvalue weighted by Gasteiger charge is 2.14. The summed E-state index contributed by atoms with van der Waals surface area (Å²) in [6.45, 7) is 4.00. The van der Waals surface area contributed by atoms with Crippen LogP contribution in [0.25, 0.3) is 0 Å². The summed E-state index contributed by atoms with van der Waals surface area (Å²) < 4.78 is 0. The van der Waals surface area contributed by atoms with Crippen LogP contribution in [0.3, 0.4) is 0 Å². The number of nitrogens with zero attached hydrogens (tertiary/aromatic N) is 2. The fraction of sp³-hybridized carbons (Fsp3) is 0.500. The first-order chi connectivity index (χ1) is 9.15. The van der Waals surface area contributed by atoms with E-state index in [2.05, 4.69) is 10.2 Å². The van der Waals surface area contributed by atoms with Crippen LogP contribution in [0.15, 0.2) is 24.3 Å². The molecule has 2 rings (SSSR count). The van der Waals surface area contributed by atoms with Gasteiger partial charge in [0.25, 0.3) is 0 Å². The van der Waals surface area contributed by atoms with Crippen molar-refractivity contribution in [1.82, 2.24) is 9.80 Å². The largest absolute Gasteiger partial charge is 0.326 e. The first kappa shape index (κ1) is 14.2. The molecule has 1 heterocycles. The molecule has 1 N–H and O–H groups in total. The van der Waals surface area contributed by atoms with Crippen LogP contribution in [0.4, 0.5) is 10.5 Å². The summed E-state index contributed by atoms with van der Waals surface area (Å²) in [6.07, 6.45) is 2.55. The van der Waals surface area contributed by atoms with E-state index in [-0.39, 0.29) is 6.03 Å². The van der Waals surface area contributed by atoms with Crippen molar-refractivity contribution in [3.8, 4) is 0 Å². The molecule has 0 aliphatic carbocycles. The molecule has 1 aliphatic rings. The van der Waals surface area contributed by atoms with Crippen LogP contribution in [-0.2, 0) is 0 Å². The number of carbonyl (C=O) groups excluding carboxylic acids is 1. The topological polar surface area (TPSA) is 35.6 Å². The predicted octanol–water partition coefficient (Wildman–Crippen LogP) is 2.90. The van der Waals surface area contributed by atoms with E-state index in [0.29, 0.717) is 5.02 Å². The highest BCUT2D eigenvalue weighted by Crippen LogP contribution is 2.15. The summed E-state index contributed by atoms with van der Waals surface area (Å²) in [5.74, 6) is 0. The lowest BCUT2D eigenvalue weighted by atomic mass is 10.3. The lowest BCUT2D eigenvalue weighted by Gasteiger charge is -2.21. The van der Waals surface area contributed by atoms with E-state index in [1.54, 1.807) is 17.0 Å². The standard InChI is InChI=1S/C14H20ClN3O/c1-17(9-10-18-7-2-3-8-18)14(19)16-13-6-4-5-12(15)11-13/h4-6,11H,2-3,7-10H2,1H3,(H,16,19). The van der Waals surface area contributed by atoms with Gasteiger partial charge >= 0.3 is 6.03 Å². The van der Waals surface area contributed by atoms with Crippen LogP contribution < -0.4 is 5.32 Å². The van der Waals surface area contributed by atoms with E-state index >= 15 is 0 Å². The molecule has 1 aliphatic heterocycles. The molecule has 0 unspecified atom stereocenters. The summed E-state index contributed by atoms with van der Waals surface area (Å²) >= 11 is 5.88. The number of likely N-dealkylation sites (N-methyl/N-ethyl adjacent to an activating group) is 1. The maximum atomic E-state index is 12.0. The van der Waals surface area contributed by atoms with Gasteiger partial charge in [-0.25, -0.2) is 4.79 Å². The first-order valence-corrected chi connectivity index (χ1v) is 7.03.